The first-order valence-corrected chi connectivity index (χ1v) is 7.61. The van der Waals surface area contributed by atoms with Gasteiger partial charge in [-0.3, -0.25) is 14.5 Å². The van der Waals surface area contributed by atoms with Crippen molar-refractivity contribution in [2.24, 2.45) is 5.92 Å². The lowest BCUT2D eigenvalue weighted by Gasteiger charge is -2.38. The summed E-state index contributed by atoms with van der Waals surface area (Å²) >= 11 is 0. The second-order valence-corrected chi connectivity index (χ2v) is 5.68. The van der Waals surface area contributed by atoms with E-state index in [1.54, 1.807) is 6.92 Å². The van der Waals surface area contributed by atoms with E-state index in [9.17, 15) is 9.59 Å². The maximum Gasteiger partial charge on any atom is 0.320 e. The van der Waals surface area contributed by atoms with E-state index < -0.39 is 12.0 Å². The number of aliphatic carboxylic acids is 1. The quantitative estimate of drug-likeness (QED) is 0.694. The van der Waals surface area contributed by atoms with Crippen LogP contribution in [-0.2, 0) is 14.3 Å². The summed E-state index contributed by atoms with van der Waals surface area (Å²) in [4.78, 5) is 27.3. The minimum Gasteiger partial charge on any atom is -0.480 e. The molecule has 3 unspecified atom stereocenters. The van der Waals surface area contributed by atoms with Gasteiger partial charge in [0.2, 0.25) is 5.91 Å². The number of amides is 1. The van der Waals surface area contributed by atoms with Crippen molar-refractivity contribution in [3.05, 3.63) is 0 Å². The van der Waals surface area contributed by atoms with E-state index in [4.69, 9.17) is 9.84 Å². The molecule has 2 N–H and O–H groups in total. The van der Waals surface area contributed by atoms with E-state index in [-0.39, 0.29) is 17.9 Å². The monoisotopic (exact) mass is 299 g/mol. The second-order valence-electron chi connectivity index (χ2n) is 5.68. The average molecular weight is 299 g/mol. The Balaban J connectivity index is 1.87. The first-order chi connectivity index (χ1) is 10.0. The lowest BCUT2D eigenvalue weighted by atomic mass is 10.0. The van der Waals surface area contributed by atoms with Crippen LogP contribution in [0.4, 0.5) is 0 Å². The number of carbonyl (C=O) groups excluding carboxylic acids is 1. The van der Waals surface area contributed by atoms with Crippen molar-refractivity contribution in [3.8, 4) is 0 Å². The fourth-order valence-electron chi connectivity index (χ4n) is 2.98. The Morgan fingerprint density at radius 1 is 1.29 bits per heavy atom. The number of ether oxygens (including phenoxy) is 1. The summed E-state index contributed by atoms with van der Waals surface area (Å²) in [7, 11) is 0. The zero-order valence-corrected chi connectivity index (χ0v) is 12.7. The van der Waals surface area contributed by atoms with Crippen LogP contribution >= 0.6 is 0 Å². The molecule has 0 spiro atoms. The van der Waals surface area contributed by atoms with Crippen LogP contribution in [0.15, 0.2) is 0 Å². The first-order valence-electron chi connectivity index (χ1n) is 7.61. The van der Waals surface area contributed by atoms with Crippen LogP contribution in [-0.4, -0.2) is 84.8 Å². The SMILES string of the molecule is CCNC1COCC1C(=O)N1CCN(C(C)C(=O)O)CC1. The molecule has 3 atom stereocenters. The number of likely N-dealkylation sites (N-methyl/N-ethyl adjacent to an activating group) is 1. The van der Waals surface area contributed by atoms with Crippen LogP contribution in [0.3, 0.4) is 0 Å². The summed E-state index contributed by atoms with van der Waals surface area (Å²) in [6, 6.07) is -0.398. The van der Waals surface area contributed by atoms with Gasteiger partial charge in [-0.15, -0.1) is 0 Å². The minimum atomic E-state index is -0.814. The molecule has 2 rings (SSSR count). The van der Waals surface area contributed by atoms with Gasteiger partial charge in [0.05, 0.1) is 19.1 Å². The minimum absolute atomic E-state index is 0.0958. The molecule has 0 aromatic heterocycles. The standard InChI is InChI=1S/C14H25N3O4/c1-3-15-12-9-21-8-11(12)13(18)17-6-4-16(5-7-17)10(2)14(19)20/h10-12,15H,3-9H2,1-2H3,(H,19,20). The number of hydrogen-bond acceptors (Lipinski definition) is 5. The Kier molecular flexibility index (Phi) is 5.55. The predicted molar refractivity (Wildman–Crippen MR) is 77.0 cm³/mol. The molecule has 0 aromatic rings. The molecule has 7 nitrogen and oxygen atoms in total. The Morgan fingerprint density at radius 2 is 1.95 bits per heavy atom. The number of nitrogens with one attached hydrogen (secondary N) is 1. The van der Waals surface area contributed by atoms with E-state index in [1.807, 2.05) is 16.7 Å². The number of piperazine rings is 1. The highest BCUT2D eigenvalue weighted by atomic mass is 16.5. The highest BCUT2D eigenvalue weighted by molar-refractivity contribution is 5.80. The Hall–Kier alpha value is -1.18. The highest BCUT2D eigenvalue weighted by Gasteiger charge is 2.37. The van der Waals surface area contributed by atoms with Crippen molar-refractivity contribution in [2.75, 3.05) is 45.9 Å². The molecule has 2 saturated heterocycles. The highest BCUT2D eigenvalue weighted by Crippen LogP contribution is 2.18. The van der Waals surface area contributed by atoms with Crippen LogP contribution in [0, 0.1) is 5.92 Å². The predicted octanol–water partition coefficient (Wildman–Crippen LogP) is -0.772. The van der Waals surface area contributed by atoms with E-state index in [1.165, 1.54) is 0 Å². The lowest BCUT2D eigenvalue weighted by molar-refractivity contribution is -0.144. The van der Waals surface area contributed by atoms with Gasteiger partial charge >= 0.3 is 5.97 Å². The van der Waals surface area contributed by atoms with E-state index in [2.05, 4.69) is 5.32 Å². The molecule has 21 heavy (non-hydrogen) atoms. The van der Waals surface area contributed by atoms with Gasteiger partial charge in [0.15, 0.2) is 0 Å². The van der Waals surface area contributed by atoms with Crippen molar-refractivity contribution in [2.45, 2.75) is 25.9 Å². The summed E-state index contributed by atoms with van der Waals surface area (Å²) in [5.41, 5.74) is 0. The van der Waals surface area contributed by atoms with E-state index in [0.29, 0.717) is 39.4 Å². The Labute approximate surface area is 125 Å². The van der Waals surface area contributed by atoms with Crippen LogP contribution in [0.1, 0.15) is 13.8 Å². The number of carboxylic acid groups (broad SMARTS) is 1. The second kappa shape index (κ2) is 7.20. The van der Waals surface area contributed by atoms with Crippen LogP contribution in [0.5, 0.6) is 0 Å². The number of carboxylic acids is 1. The van der Waals surface area contributed by atoms with Gasteiger partial charge in [-0.05, 0) is 13.5 Å². The third-order valence-corrected chi connectivity index (χ3v) is 4.40. The number of hydrogen-bond donors (Lipinski definition) is 2. The number of nitrogens with zero attached hydrogens (tertiary/aromatic N) is 2. The molecule has 1 amide bonds. The van der Waals surface area contributed by atoms with Gasteiger partial charge < -0.3 is 20.1 Å². The normalized spacial score (nSPS) is 28.6. The van der Waals surface area contributed by atoms with Gasteiger partial charge in [-0.1, -0.05) is 6.92 Å². The third kappa shape index (κ3) is 3.72. The smallest absolute Gasteiger partial charge is 0.320 e. The summed E-state index contributed by atoms with van der Waals surface area (Å²) in [6.45, 7) is 7.98. The largest absolute Gasteiger partial charge is 0.480 e. The zero-order chi connectivity index (χ0) is 15.4. The molecular weight excluding hydrogens is 274 g/mol. The van der Waals surface area contributed by atoms with E-state index >= 15 is 0 Å². The first kappa shape index (κ1) is 16.2. The molecule has 2 fully saturated rings. The number of carbonyl (C=O) groups is 2. The molecule has 2 aliphatic heterocycles. The molecule has 0 aromatic carbocycles. The van der Waals surface area contributed by atoms with Crippen LogP contribution in [0.2, 0.25) is 0 Å². The molecule has 0 aliphatic carbocycles. The maximum atomic E-state index is 12.6. The summed E-state index contributed by atoms with van der Waals surface area (Å²) in [5, 5.41) is 12.3. The van der Waals surface area contributed by atoms with Gasteiger partial charge in [-0.2, -0.15) is 0 Å². The summed E-state index contributed by atoms with van der Waals surface area (Å²) in [6.07, 6.45) is 0. The molecule has 0 bridgehead atoms. The summed E-state index contributed by atoms with van der Waals surface area (Å²) in [5.74, 6) is -0.805. The lowest BCUT2D eigenvalue weighted by Crippen LogP contribution is -2.55. The molecule has 2 aliphatic rings. The van der Waals surface area contributed by atoms with Gasteiger partial charge in [-0.25, -0.2) is 0 Å². The topological polar surface area (TPSA) is 82.1 Å². The van der Waals surface area contributed by atoms with Gasteiger partial charge in [0.1, 0.15) is 6.04 Å². The van der Waals surface area contributed by atoms with Crippen molar-refractivity contribution in [1.29, 1.82) is 0 Å². The van der Waals surface area contributed by atoms with Crippen molar-refractivity contribution >= 4 is 11.9 Å². The van der Waals surface area contributed by atoms with Gasteiger partial charge in [0, 0.05) is 32.2 Å². The molecule has 120 valence electrons. The average Bonchev–Trinajstić information content (AvgIpc) is 2.94. The molecule has 0 radical (unpaired) electrons. The van der Waals surface area contributed by atoms with Gasteiger partial charge in [0.25, 0.3) is 0 Å². The van der Waals surface area contributed by atoms with E-state index in [0.717, 1.165) is 6.54 Å². The molecule has 0 saturated carbocycles. The molecule has 2 heterocycles. The molecule has 7 heteroatoms. The fourth-order valence-corrected chi connectivity index (χ4v) is 2.98. The Bertz CT molecular complexity index is 382. The van der Waals surface area contributed by atoms with Crippen molar-refractivity contribution < 1.29 is 19.4 Å². The Morgan fingerprint density at radius 3 is 2.52 bits per heavy atom. The third-order valence-electron chi connectivity index (χ3n) is 4.40. The summed E-state index contributed by atoms with van der Waals surface area (Å²) < 4.78 is 5.43. The van der Waals surface area contributed by atoms with Crippen LogP contribution in [0.25, 0.3) is 0 Å². The maximum absolute atomic E-state index is 12.6. The molecular formula is C14H25N3O4. The van der Waals surface area contributed by atoms with Crippen LogP contribution < -0.4 is 5.32 Å². The number of rotatable bonds is 5. The van der Waals surface area contributed by atoms with Crippen molar-refractivity contribution in [3.63, 3.8) is 0 Å². The zero-order valence-electron chi connectivity index (χ0n) is 12.7. The van der Waals surface area contributed by atoms with Crippen molar-refractivity contribution in [1.82, 2.24) is 15.1 Å². The fraction of sp³-hybridized carbons (Fsp3) is 0.857.